The summed E-state index contributed by atoms with van der Waals surface area (Å²) in [7, 11) is 0. The molecule has 1 aromatic carbocycles. The molecule has 0 bridgehead atoms. The lowest BCUT2D eigenvalue weighted by Gasteiger charge is -2.36. The monoisotopic (exact) mass is 298 g/mol. The van der Waals surface area contributed by atoms with E-state index in [1.807, 2.05) is 0 Å². The van der Waals surface area contributed by atoms with Gasteiger partial charge in [0.05, 0.1) is 0 Å². The standard InChI is InChI=1S/C16H24ClFN2/c1-2-9-20(15-7-5-14(19)6-8-15)11-12-3-4-13(18)10-16(12)17/h3-4,10,14-15H,2,5-9,11,19H2,1H3. The first-order chi connectivity index (χ1) is 9.60. The summed E-state index contributed by atoms with van der Waals surface area (Å²) < 4.78 is 13.1. The molecule has 1 aliphatic carbocycles. The summed E-state index contributed by atoms with van der Waals surface area (Å²) in [6.45, 7) is 4.04. The van der Waals surface area contributed by atoms with Crippen LogP contribution in [0.3, 0.4) is 0 Å². The SMILES string of the molecule is CCCN(Cc1ccc(F)cc1Cl)C1CCC(N)CC1. The van der Waals surface area contributed by atoms with Crippen LogP contribution in [0.25, 0.3) is 0 Å². The summed E-state index contributed by atoms with van der Waals surface area (Å²) in [5.74, 6) is -0.274. The zero-order valence-corrected chi connectivity index (χ0v) is 12.9. The summed E-state index contributed by atoms with van der Waals surface area (Å²) in [6.07, 6.45) is 5.62. The fraction of sp³-hybridized carbons (Fsp3) is 0.625. The van der Waals surface area contributed by atoms with Crippen molar-refractivity contribution in [1.82, 2.24) is 4.90 Å². The van der Waals surface area contributed by atoms with Crippen molar-refractivity contribution >= 4 is 11.6 Å². The Labute approximate surface area is 126 Å². The number of nitrogens with two attached hydrogens (primary N) is 1. The van der Waals surface area contributed by atoms with E-state index in [9.17, 15) is 4.39 Å². The lowest BCUT2D eigenvalue weighted by molar-refractivity contribution is 0.142. The van der Waals surface area contributed by atoms with Gasteiger partial charge < -0.3 is 5.73 Å². The van der Waals surface area contributed by atoms with E-state index in [1.54, 1.807) is 6.07 Å². The molecular weight excluding hydrogens is 275 g/mol. The molecular formula is C16H24ClFN2. The smallest absolute Gasteiger partial charge is 0.124 e. The van der Waals surface area contributed by atoms with Crippen LogP contribution in [0, 0.1) is 5.82 Å². The zero-order chi connectivity index (χ0) is 14.5. The van der Waals surface area contributed by atoms with Crippen LogP contribution in [0.5, 0.6) is 0 Å². The number of rotatable bonds is 5. The Morgan fingerprint density at radius 3 is 2.60 bits per heavy atom. The van der Waals surface area contributed by atoms with E-state index in [2.05, 4.69) is 11.8 Å². The van der Waals surface area contributed by atoms with Crippen molar-refractivity contribution in [3.05, 3.63) is 34.6 Å². The number of nitrogens with zero attached hydrogens (tertiary/aromatic N) is 1. The van der Waals surface area contributed by atoms with E-state index in [0.717, 1.165) is 50.8 Å². The summed E-state index contributed by atoms with van der Waals surface area (Å²) in [5.41, 5.74) is 6.99. The van der Waals surface area contributed by atoms with E-state index in [4.69, 9.17) is 17.3 Å². The maximum atomic E-state index is 13.1. The third kappa shape index (κ3) is 4.18. The second-order valence-electron chi connectivity index (χ2n) is 5.77. The normalized spacial score (nSPS) is 23.2. The topological polar surface area (TPSA) is 29.3 Å². The molecule has 1 saturated carbocycles. The molecule has 112 valence electrons. The number of halogens is 2. The highest BCUT2D eigenvalue weighted by Gasteiger charge is 2.24. The maximum Gasteiger partial charge on any atom is 0.124 e. The second kappa shape index (κ2) is 7.39. The molecule has 2 nitrogen and oxygen atoms in total. The van der Waals surface area contributed by atoms with Gasteiger partial charge in [-0.25, -0.2) is 4.39 Å². The van der Waals surface area contributed by atoms with Crippen molar-refractivity contribution in [2.75, 3.05) is 6.54 Å². The molecule has 2 rings (SSSR count). The van der Waals surface area contributed by atoms with Crippen LogP contribution in [0.4, 0.5) is 4.39 Å². The predicted octanol–water partition coefficient (Wildman–Crippen LogP) is 3.96. The van der Waals surface area contributed by atoms with Gasteiger partial charge in [0.2, 0.25) is 0 Å². The van der Waals surface area contributed by atoms with Gasteiger partial charge in [-0.2, -0.15) is 0 Å². The Morgan fingerprint density at radius 1 is 1.30 bits per heavy atom. The molecule has 0 unspecified atom stereocenters. The fourth-order valence-corrected chi connectivity index (χ4v) is 3.24. The molecule has 4 heteroatoms. The molecule has 0 aromatic heterocycles. The van der Waals surface area contributed by atoms with Gasteiger partial charge in [0.25, 0.3) is 0 Å². The zero-order valence-electron chi connectivity index (χ0n) is 12.1. The van der Waals surface area contributed by atoms with E-state index in [-0.39, 0.29) is 5.82 Å². The summed E-state index contributed by atoms with van der Waals surface area (Å²) in [5, 5.41) is 0.526. The highest BCUT2D eigenvalue weighted by molar-refractivity contribution is 6.31. The van der Waals surface area contributed by atoms with Crippen molar-refractivity contribution in [1.29, 1.82) is 0 Å². The predicted molar refractivity (Wildman–Crippen MR) is 82.3 cm³/mol. The summed E-state index contributed by atoms with van der Waals surface area (Å²) in [6, 6.07) is 5.63. The third-order valence-corrected chi connectivity index (χ3v) is 4.51. The van der Waals surface area contributed by atoms with Crippen molar-refractivity contribution in [3.63, 3.8) is 0 Å². The fourth-order valence-electron chi connectivity index (χ4n) is 3.01. The Morgan fingerprint density at radius 2 is 2.00 bits per heavy atom. The van der Waals surface area contributed by atoms with Crippen molar-refractivity contribution in [2.45, 2.75) is 57.7 Å². The largest absolute Gasteiger partial charge is 0.328 e. The summed E-state index contributed by atoms with van der Waals surface area (Å²) >= 11 is 6.15. The Balaban J connectivity index is 2.04. The van der Waals surface area contributed by atoms with Gasteiger partial charge in [0.15, 0.2) is 0 Å². The average Bonchev–Trinajstić information content (AvgIpc) is 2.42. The Bertz CT molecular complexity index is 430. The van der Waals surface area contributed by atoms with Crippen LogP contribution >= 0.6 is 11.6 Å². The van der Waals surface area contributed by atoms with Gasteiger partial charge in [-0.3, -0.25) is 4.90 Å². The Kier molecular flexibility index (Phi) is 5.82. The van der Waals surface area contributed by atoms with Crippen molar-refractivity contribution in [3.8, 4) is 0 Å². The minimum Gasteiger partial charge on any atom is -0.328 e. The molecule has 0 heterocycles. The van der Waals surface area contributed by atoms with Crippen LogP contribution < -0.4 is 5.73 Å². The van der Waals surface area contributed by atoms with Crippen molar-refractivity contribution < 1.29 is 4.39 Å². The van der Waals surface area contributed by atoms with E-state index in [1.165, 1.54) is 12.1 Å². The van der Waals surface area contributed by atoms with Crippen LogP contribution in [0.1, 0.15) is 44.6 Å². The van der Waals surface area contributed by atoms with Crippen molar-refractivity contribution in [2.24, 2.45) is 5.73 Å². The molecule has 0 aliphatic heterocycles. The Hall–Kier alpha value is -0.640. The molecule has 1 fully saturated rings. The minimum atomic E-state index is -0.274. The van der Waals surface area contributed by atoms with Crippen LogP contribution in [-0.4, -0.2) is 23.5 Å². The molecule has 0 atom stereocenters. The molecule has 2 N–H and O–H groups in total. The van der Waals surface area contributed by atoms with E-state index in [0.29, 0.717) is 17.1 Å². The quantitative estimate of drug-likeness (QED) is 0.891. The first-order valence-corrected chi connectivity index (χ1v) is 7.91. The molecule has 20 heavy (non-hydrogen) atoms. The van der Waals surface area contributed by atoms with E-state index >= 15 is 0 Å². The number of hydrogen-bond donors (Lipinski definition) is 1. The van der Waals surface area contributed by atoms with Crippen LogP contribution in [-0.2, 0) is 6.54 Å². The molecule has 1 aromatic rings. The van der Waals surface area contributed by atoms with Crippen LogP contribution in [0.2, 0.25) is 5.02 Å². The maximum absolute atomic E-state index is 13.1. The molecule has 0 saturated heterocycles. The lowest BCUT2D eigenvalue weighted by Crippen LogP contribution is -2.40. The number of hydrogen-bond acceptors (Lipinski definition) is 2. The van der Waals surface area contributed by atoms with Crippen LogP contribution in [0.15, 0.2) is 18.2 Å². The lowest BCUT2D eigenvalue weighted by atomic mass is 9.90. The first-order valence-electron chi connectivity index (χ1n) is 7.53. The highest BCUT2D eigenvalue weighted by atomic mass is 35.5. The summed E-state index contributed by atoms with van der Waals surface area (Å²) in [4.78, 5) is 2.48. The minimum absolute atomic E-state index is 0.274. The molecule has 0 radical (unpaired) electrons. The molecule has 0 spiro atoms. The van der Waals surface area contributed by atoms with Gasteiger partial charge in [-0.05, 0) is 56.3 Å². The van der Waals surface area contributed by atoms with E-state index < -0.39 is 0 Å². The van der Waals surface area contributed by atoms with Gasteiger partial charge in [0.1, 0.15) is 5.82 Å². The van der Waals surface area contributed by atoms with Gasteiger partial charge in [-0.15, -0.1) is 0 Å². The third-order valence-electron chi connectivity index (χ3n) is 4.16. The van der Waals surface area contributed by atoms with Gasteiger partial charge in [0, 0.05) is 23.7 Å². The average molecular weight is 299 g/mol. The molecule has 1 aliphatic rings. The van der Waals surface area contributed by atoms with Gasteiger partial charge >= 0.3 is 0 Å². The highest BCUT2D eigenvalue weighted by Crippen LogP contribution is 2.26. The van der Waals surface area contributed by atoms with Gasteiger partial charge in [-0.1, -0.05) is 24.6 Å². The molecule has 0 amide bonds. The first kappa shape index (κ1) is 15.7. The second-order valence-corrected chi connectivity index (χ2v) is 6.18. The number of benzene rings is 1.